The number of nitrogens with one attached hydrogen (secondary N) is 1. The van der Waals surface area contributed by atoms with E-state index in [1.54, 1.807) is 18.9 Å². The summed E-state index contributed by atoms with van der Waals surface area (Å²) in [6.45, 7) is 7.24. The molecule has 1 unspecified atom stereocenters. The van der Waals surface area contributed by atoms with Gasteiger partial charge in [-0.1, -0.05) is 42.5 Å². The number of rotatable bonds is 9. The predicted octanol–water partition coefficient (Wildman–Crippen LogP) is 5.08. The van der Waals surface area contributed by atoms with Gasteiger partial charge in [0.25, 0.3) is 5.56 Å². The van der Waals surface area contributed by atoms with Crippen LogP contribution in [0.4, 0.5) is 0 Å². The monoisotopic (exact) mass is 538 g/mol. The van der Waals surface area contributed by atoms with Crippen LogP contribution in [0, 0.1) is 0 Å². The second kappa shape index (κ2) is 11.3. The van der Waals surface area contributed by atoms with Crippen molar-refractivity contribution in [2.45, 2.75) is 45.4 Å². The maximum Gasteiger partial charge on any atom is 0.253 e. The number of pyridine rings is 1. The molecule has 0 amide bonds. The van der Waals surface area contributed by atoms with E-state index < -0.39 is 11.6 Å². The Morgan fingerprint density at radius 1 is 0.875 bits per heavy atom. The van der Waals surface area contributed by atoms with Crippen molar-refractivity contribution >= 4 is 10.9 Å². The number of tetrazole rings is 1. The molecule has 2 heterocycles. The maximum absolute atomic E-state index is 13.8. The molecule has 0 bridgehead atoms. The number of fused-ring (bicyclic) bond motifs is 1. The lowest BCUT2D eigenvalue weighted by atomic mass is 10.00. The van der Waals surface area contributed by atoms with E-state index in [1.807, 2.05) is 87.5 Å². The van der Waals surface area contributed by atoms with Crippen LogP contribution < -0.4 is 15.0 Å². The third kappa shape index (κ3) is 5.74. The highest BCUT2D eigenvalue weighted by Crippen LogP contribution is 2.32. The molecule has 1 atom stereocenters. The topological polar surface area (TPSA) is 98.2 Å². The van der Waals surface area contributed by atoms with Gasteiger partial charge in [-0.15, -0.1) is 5.10 Å². The molecule has 9 heteroatoms. The van der Waals surface area contributed by atoms with Gasteiger partial charge in [0, 0.05) is 29.6 Å². The molecule has 5 rings (SSSR count). The zero-order chi connectivity index (χ0) is 28.3. The van der Waals surface area contributed by atoms with Gasteiger partial charge in [0.15, 0.2) is 5.82 Å². The van der Waals surface area contributed by atoms with Crippen LogP contribution in [-0.2, 0) is 18.6 Å². The lowest BCUT2D eigenvalue weighted by Gasteiger charge is -2.33. The van der Waals surface area contributed by atoms with Crippen LogP contribution in [0.5, 0.6) is 11.5 Å². The summed E-state index contributed by atoms with van der Waals surface area (Å²) in [7, 11) is 3.28. The molecule has 2 aromatic heterocycles. The Kier molecular flexibility index (Phi) is 7.66. The van der Waals surface area contributed by atoms with Crippen LogP contribution in [0.25, 0.3) is 10.9 Å². The number of hydrogen-bond donors (Lipinski definition) is 1. The highest BCUT2D eigenvalue weighted by molar-refractivity contribution is 5.80. The number of hydrogen-bond acceptors (Lipinski definition) is 7. The first-order valence-corrected chi connectivity index (χ1v) is 13.2. The molecule has 0 radical (unpaired) electrons. The van der Waals surface area contributed by atoms with Crippen LogP contribution in [0.1, 0.15) is 49.3 Å². The molecule has 9 nitrogen and oxygen atoms in total. The molecule has 206 valence electrons. The Balaban J connectivity index is 1.72. The van der Waals surface area contributed by atoms with Gasteiger partial charge in [0.05, 0.1) is 19.8 Å². The first-order valence-electron chi connectivity index (χ1n) is 13.2. The number of methoxy groups -OCH3 is 2. The molecule has 3 aromatic carbocycles. The number of ether oxygens (including phenoxy) is 2. The SMILES string of the molecule is COc1ccc(CN(Cc2ccccc2)C(c2cc3cc(OC)ccc3[nH]c2=O)c2nnnn2C(C)(C)C)cc1. The van der Waals surface area contributed by atoms with Crippen LogP contribution in [0.3, 0.4) is 0 Å². The van der Waals surface area contributed by atoms with Crippen molar-refractivity contribution in [3.63, 3.8) is 0 Å². The number of nitrogens with zero attached hydrogens (tertiary/aromatic N) is 5. The molecule has 0 aliphatic heterocycles. The number of benzene rings is 3. The maximum atomic E-state index is 13.8. The van der Waals surface area contributed by atoms with Gasteiger partial charge in [0.1, 0.15) is 17.5 Å². The Morgan fingerprint density at radius 3 is 2.17 bits per heavy atom. The molecule has 0 saturated carbocycles. The summed E-state index contributed by atoms with van der Waals surface area (Å²) in [5, 5.41) is 13.8. The largest absolute Gasteiger partial charge is 0.497 e. The molecular weight excluding hydrogens is 504 g/mol. The van der Waals surface area contributed by atoms with Gasteiger partial charge in [-0.05, 0) is 78.7 Å². The van der Waals surface area contributed by atoms with E-state index in [4.69, 9.17) is 9.47 Å². The average Bonchev–Trinajstić information content (AvgIpc) is 3.44. The Labute approximate surface area is 233 Å². The van der Waals surface area contributed by atoms with Crippen molar-refractivity contribution in [2.24, 2.45) is 0 Å². The highest BCUT2D eigenvalue weighted by Gasteiger charge is 2.33. The Bertz CT molecular complexity index is 1640. The van der Waals surface area contributed by atoms with E-state index >= 15 is 0 Å². The molecule has 40 heavy (non-hydrogen) atoms. The van der Waals surface area contributed by atoms with E-state index in [0.29, 0.717) is 30.2 Å². The minimum absolute atomic E-state index is 0.195. The smallest absolute Gasteiger partial charge is 0.253 e. The fourth-order valence-electron chi connectivity index (χ4n) is 4.89. The molecule has 0 spiro atoms. The summed E-state index contributed by atoms with van der Waals surface area (Å²) in [5.41, 5.74) is 2.84. The second-order valence-corrected chi connectivity index (χ2v) is 10.8. The van der Waals surface area contributed by atoms with Crippen molar-refractivity contribution in [3.05, 3.63) is 112 Å². The molecule has 0 fully saturated rings. The molecule has 0 aliphatic rings. The standard InChI is InChI=1S/C31H34N6O3/c1-31(2,3)37-29(33-34-35-37)28(26-18-23-17-25(40-5)15-16-27(23)32-30(26)38)36(19-21-9-7-6-8-10-21)20-22-11-13-24(39-4)14-12-22/h6-18,28H,19-20H2,1-5H3,(H,32,38). The summed E-state index contributed by atoms with van der Waals surface area (Å²) in [4.78, 5) is 19.1. The van der Waals surface area contributed by atoms with Gasteiger partial charge in [-0.2, -0.15) is 0 Å². The van der Waals surface area contributed by atoms with Crippen molar-refractivity contribution < 1.29 is 9.47 Å². The minimum atomic E-state index is -0.559. The van der Waals surface area contributed by atoms with Gasteiger partial charge >= 0.3 is 0 Å². The van der Waals surface area contributed by atoms with Gasteiger partial charge in [-0.25, -0.2) is 4.68 Å². The molecule has 5 aromatic rings. The number of aromatic amines is 1. The van der Waals surface area contributed by atoms with Gasteiger partial charge in [-0.3, -0.25) is 9.69 Å². The third-order valence-electron chi connectivity index (χ3n) is 6.89. The van der Waals surface area contributed by atoms with Crippen LogP contribution in [0.15, 0.2) is 83.7 Å². The summed E-state index contributed by atoms with van der Waals surface area (Å²) in [6.07, 6.45) is 0. The predicted molar refractivity (Wildman–Crippen MR) is 154 cm³/mol. The summed E-state index contributed by atoms with van der Waals surface area (Å²) < 4.78 is 12.6. The normalized spacial score (nSPS) is 12.6. The van der Waals surface area contributed by atoms with E-state index in [9.17, 15) is 4.79 Å². The first-order chi connectivity index (χ1) is 19.3. The minimum Gasteiger partial charge on any atom is -0.497 e. The third-order valence-corrected chi connectivity index (χ3v) is 6.89. The van der Waals surface area contributed by atoms with Gasteiger partial charge in [0.2, 0.25) is 0 Å². The zero-order valence-electron chi connectivity index (χ0n) is 23.5. The van der Waals surface area contributed by atoms with Gasteiger partial charge < -0.3 is 14.5 Å². The molecule has 0 aliphatic carbocycles. The van der Waals surface area contributed by atoms with E-state index in [1.165, 1.54) is 0 Å². The molecule has 0 saturated heterocycles. The van der Waals surface area contributed by atoms with E-state index in [-0.39, 0.29) is 5.56 Å². The molecule has 1 N–H and O–H groups in total. The quantitative estimate of drug-likeness (QED) is 0.280. The first kappa shape index (κ1) is 27.1. The highest BCUT2D eigenvalue weighted by atomic mass is 16.5. The van der Waals surface area contributed by atoms with Crippen molar-refractivity contribution in [2.75, 3.05) is 14.2 Å². The number of aromatic nitrogens is 5. The number of H-pyrrole nitrogens is 1. The van der Waals surface area contributed by atoms with E-state index in [2.05, 4.69) is 37.5 Å². The Morgan fingerprint density at radius 2 is 1.52 bits per heavy atom. The Hall–Kier alpha value is -4.50. The van der Waals surface area contributed by atoms with Crippen LogP contribution in [0.2, 0.25) is 0 Å². The fraction of sp³-hybridized carbons (Fsp3) is 0.290. The van der Waals surface area contributed by atoms with Crippen molar-refractivity contribution in [3.8, 4) is 11.5 Å². The van der Waals surface area contributed by atoms with Crippen LogP contribution >= 0.6 is 0 Å². The van der Waals surface area contributed by atoms with Crippen molar-refractivity contribution in [1.82, 2.24) is 30.1 Å². The fourth-order valence-corrected chi connectivity index (χ4v) is 4.89. The lowest BCUT2D eigenvalue weighted by Crippen LogP contribution is -2.37. The average molecular weight is 539 g/mol. The summed E-state index contributed by atoms with van der Waals surface area (Å²) >= 11 is 0. The van der Waals surface area contributed by atoms with E-state index in [0.717, 1.165) is 27.8 Å². The van der Waals surface area contributed by atoms with Crippen LogP contribution in [-0.4, -0.2) is 44.3 Å². The summed E-state index contributed by atoms with van der Waals surface area (Å²) in [6, 6.07) is 25.1. The lowest BCUT2D eigenvalue weighted by molar-refractivity contribution is 0.184. The second-order valence-electron chi connectivity index (χ2n) is 10.8. The zero-order valence-corrected chi connectivity index (χ0v) is 23.5. The summed E-state index contributed by atoms with van der Waals surface area (Å²) in [5.74, 6) is 2.08. The van der Waals surface area contributed by atoms with Crippen molar-refractivity contribution in [1.29, 1.82) is 0 Å². The molecular formula is C31H34N6O3.